The van der Waals surface area contributed by atoms with Crippen LogP contribution in [0, 0.1) is 0 Å². The van der Waals surface area contributed by atoms with Crippen LogP contribution in [0.5, 0.6) is 11.5 Å². The monoisotopic (exact) mass is 352 g/mol. The average Bonchev–Trinajstić information content (AvgIpc) is 2.46. The zero-order valence-corrected chi connectivity index (χ0v) is 15.5. The van der Waals surface area contributed by atoms with Crippen molar-refractivity contribution in [2.75, 3.05) is 0 Å². The maximum absolute atomic E-state index is 10.6. The summed E-state index contributed by atoms with van der Waals surface area (Å²) in [4.78, 5) is 0. The van der Waals surface area contributed by atoms with E-state index in [1.165, 1.54) is 18.4 Å². The molecular formula is C19H25ClO2S. The fourth-order valence-corrected chi connectivity index (χ4v) is 3.45. The fraction of sp³-hybridized carbons (Fsp3) is 0.526. The number of unbranched alkanes of at least 4 members (excludes halogenated alkanes) is 2. The van der Waals surface area contributed by atoms with Gasteiger partial charge in [0.2, 0.25) is 0 Å². The minimum Gasteiger partial charge on any atom is -0.507 e. The van der Waals surface area contributed by atoms with Gasteiger partial charge in [0.05, 0.1) is 0 Å². The van der Waals surface area contributed by atoms with Crippen LogP contribution >= 0.6 is 23.8 Å². The molecule has 0 aromatic heterocycles. The van der Waals surface area contributed by atoms with E-state index in [1.807, 2.05) is 12.1 Å². The Bertz CT molecular complexity index is 595. The second kappa shape index (κ2) is 8.70. The van der Waals surface area contributed by atoms with Gasteiger partial charge in [-0.05, 0) is 80.5 Å². The number of aryl methyl sites for hydroxylation is 1. The average molecular weight is 353 g/mol. The van der Waals surface area contributed by atoms with E-state index >= 15 is 0 Å². The van der Waals surface area contributed by atoms with Crippen molar-refractivity contribution >= 4 is 28.3 Å². The molecule has 2 nitrogen and oxygen atoms in total. The highest BCUT2D eigenvalue weighted by Gasteiger charge is 2.23. The number of rotatable bonds is 6. The Morgan fingerprint density at radius 1 is 1.39 bits per heavy atom. The molecule has 0 aliphatic heterocycles. The van der Waals surface area contributed by atoms with Crippen molar-refractivity contribution in [3.05, 3.63) is 34.9 Å². The number of ether oxygens (including phenoxy) is 1. The van der Waals surface area contributed by atoms with Gasteiger partial charge in [0.1, 0.15) is 11.5 Å². The van der Waals surface area contributed by atoms with Crippen LogP contribution in [-0.2, 0) is 6.42 Å². The molecule has 0 radical (unpaired) electrons. The lowest BCUT2D eigenvalue weighted by Gasteiger charge is -2.23. The molecule has 0 heterocycles. The third kappa shape index (κ3) is 5.22. The normalized spacial score (nSPS) is 17.7. The van der Waals surface area contributed by atoms with Crippen LogP contribution in [0.25, 0.3) is 0 Å². The highest BCUT2D eigenvalue weighted by molar-refractivity contribution is 7.82. The van der Waals surface area contributed by atoms with Crippen LogP contribution in [0.4, 0.5) is 0 Å². The lowest BCUT2D eigenvalue weighted by atomic mass is 9.84. The van der Waals surface area contributed by atoms with E-state index in [9.17, 15) is 5.11 Å². The first-order valence-electron chi connectivity index (χ1n) is 8.41. The summed E-state index contributed by atoms with van der Waals surface area (Å²) >= 11 is 10.7. The second-order valence-electron chi connectivity index (χ2n) is 6.34. The number of hydrogen-bond donors (Lipinski definition) is 1. The molecule has 126 valence electrons. The quantitative estimate of drug-likeness (QED) is 0.284. The predicted molar refractivity (Wildman–Crippen MR) is 101 cm³/mol. The predicted octanol–water partition coefficient (Wildman–Crippen LogP) is 6.24. The number of thiocarbonyl (C=S) groups is 1. The summed E-state index contributed by atoms with van der Waals surface area (Å²) in [5.41, 5.74) is 3.23. The zero-order valence-electron chi connectivity index (χ0n) is 13.9. The molecule has 0 spiro atoms. The summed E-state index contributed by atoms with van der Waals surface area (Å²) in [6.07, 6.45) is 9.84. The van der Waals surface area contributed by atoms with Crippen LogP contribution in [0.2, 0.25) is 0 Å². The number of allylic oxidation sites excluding steroid dienone is 2. The van der Waals surface area contributed by atoms with Gasteiger partial charge in [0, 0.05) is 11.5 Å². The van der Waals surface area contributed by atoms with E-state index < -0.39 is 0 Å². The fourth-order valence-electron chi connectivity index (χ4n) is 3.27. The molecule has 1 aliphatic rings. The highest BCUT2D eigenvalue weighted by atomic mass is 35.5. The lowest BCUT2D eigenvalue weighted by Crippen LogP contribution is -2.07. The van der Waals surface area contributed by atoms with Gasteiger partial charge in [-0.25, -0.2) is 0 Å². The van der Waals surface area contributed by atoms with Crippen LogP contribution in [0.15, 0.2) is 23.8 Å². The van der Waals surface area contributed by atoms with Crippen LogP contribution in [0.3, 0.4) is 0 Å². The SMILES string of the molecule is CCCCCc1cc(O)c(C2C=C(C)CCC2)c(OC(=S)Cl)c1. The summed E-state index contributed by atoms with van der Waals surface area (Å²) < 4.78 is 5.53. The summed E-state index contributed by atoms with van der Waals surface area (Å²) in [5, 5.41) is 10.6. The Labute approximate surface area is 149 Å². The minimum atomic E-state index is -0.0344. The largest absolute Gasteiger partial charge is 0.507 e. The molecule has 0 fully saturated rings. The van der Waals surface area contributed by atoms with Gasteiger partial charge in [-0.2, -0.15) is 0 Å². The maximum Gasteiger partial charge on any atom is 0.260 e. The van der Waals surface area contributed by atoms with E-state index in [0.717, 1.165) is 43.2 Å². The first-order valence-corrected chi connectivity index (χ1v) is 9.20. The Morgan fingerprint density at radius 3 is 2.83 bits per heavy atom. The zero-order chi connectivity index (χ0) is 16.8. The van der Waals surface area contributed by atoms with Crippen LogP contribution in [-0.4, -0.2) is 9.62 Å². The third-order valence-corrected chi connectivity index (χ3v) is 4.54. The number of benzene rings is 1. The standard InChI is InChI=1S/C19H25ClO2S/c1-3-4-5-8-14-11-16(21)18(17(12-14)22-19(20)23)15-9-6-7-13(2)10-15/h10-12,15,21H,3-9H2,1-2H3. The van der Waals surface area contributed by atoms with Gasteiger partial charge in [0.15, 0.2) is 0 Å². The number of hydrogen-bond acceptors (Lipinski definition) is 3. The number of phenolic OH excluding ortho intramolecular Hbond substituents is 1. The van der Waals surface area contributed by atoms with Crippen molar-refractivity contribution in [1.29, 1.82) is 0 Å². The molecule has 1 aromatic rings. The number of phenols is 1. The molecule has 1 N–H and O–H groups in total. The minimum absolute atomic E-state index is 0.0344. The molecule has 23 heavy (non-hydrogen) atoms. The van der Waals surface area contributed by atoms with Crippen molar-refractivity contribution in [2.45, 2.75) is 64.7 Å². The molecule has 0 saturated carbocycles. The Balaban J connectivity index is 2.35. The lowest BCUT2D eigenvalue weighted by molar-refractivity contribution is 0.450. The molecule has 2 rings (SSSR count). The molecule has 1 aromatic carbocycles. The first-order chi connectivity index (χ1) is 11.0. The molecule has 1 aliphatic carbocycles. The van der Waals surface area contributed by atoms with Crippen molar-refractivity contribution in [3.8, 4) is 11.5 Å². The van der Waals surface area contributed by atoms with E-state index in [-0.39, 0.29) is 16.2 Å². The Kier molecular flexibility index (Phi) is 6.91. The van der Waals surface area contributed by atoms with Crippen LogP contribution < -0.4 is 4.74 Å². The van der Waals surface area contributed by atoms with Gasteiger partial charge < -0.3 is 9.84 Å². The Morgan fingerprint density at radius 2 is 2.17 bits per heavy atom. The van der Waals surface area contributed by atoms with E-state index in [0.29, 0.717) is 5.75 Å². The second-order valence-corrected chi connectivity index (χ2v) is 7.27. The van der Waals surface area contributed by atoms with E-state index in [1.54, 1.807) is 0 Å². The molecule has 1 unspecified atom stereocenters. The van der Waals surface area contributed by atoms with Crippen molar-refractivity contribution in [3.63, 3.8) is 0 Å². The topological polar surface area (TPSA) is 29.5 Å². The molecule has 0 amide bonds. The van der Waals surface area contributed by atoms with Gasteiger partial charge in [-0.1, -0.05) is 31.4 Å². The van der Waals surface area contributed by atoms with Crippen LogP contribution in [0.1, 0.15) is 69.4 Å². The highest BCUT2D eigenvalue weighted by Crippen LogP contribution is 2.42. The third-order valence-electron chi connectivity index (χ3n) is 4.38. The molecule has 4 heteroatoms. The summed E-state index contributed by atoms with van der Waals surface area (Å²) in [6.45, 7) is 4.31. The summed E-state index contributed by atoms with van der Waals surface area (Å²) in [6, 6.07) is 3.85. The van der Waals surface area contributed by atoms with Gasteiger partial charge in [-0.15, -0.1) is 0 Å². The maximum atomic E-state index is 10.6. The smallest absolute Gasteiger partial charge is 0.260 e. The van der Waals surface area contributed by atoms with Gasteiger partial charge in [-0.3, -0.25) is 0 Å². The summed E-state index contributed by atoms with van der Waals surface area (Å²) in [7, 11) is 0. The first kappa shape index (κ1) is 18.3. The Hall–Kier alpha value is -1.06. The molecule has 0 saturated heterocycles. The molecule has 1 atom stereocenters. The van der Waals surface area contributed by atoms with Crippen molar-refractivity contribution in [1.82, 2.24) is 0 Å². The summed E-state index contributed by atoms with van der Waals surface area (Å²) in [5.74, 6) is 1.06. The van der Waals surface area contributed by atoms with E-state index in [4.69, 9.17) is 28.6 Å². The number of aromatic hydroxyl groups is 1. The van der Waals surface area contributed by atoms with Crippen molar-refractivity contribution in [2.24, 2.45) is 0 Å². The van der Waals surface area contributed by atoms with Gasteiger partial charge in [0.25, 0.3) is 4.51 Å². The van der Waals surface area contributed by atoms with E-state index in [2.05, 4.69) is 19.9 Å². The molecule has 0 bridgehead atoms. The van der Waals surface area contributed by atoms with Crippen molar-refractivity contribution < 1.29 is 9.84 Å². The number of halogens is 1. The molecular weight excluding hydrogens is 328 g/mol. The van der Waals surface area contributed by atoms with Gasteiger partial charge >= 0.3 is 0 Å².